The first-order chi connectivity index (χ1) is 12.2. The van der Waals surface area contributed by atoms with Crippen molar-refractivity contribution in [2.24, 2.45) is 0 Å². The van der Waals surface area contributed by atoms with Gasteiger partial charge >= 0.3 is 11.5 Å². The van der Waals surface area contributed by atoms with Gasteiger partial charge in [0, 0.05) is 23.8 Å². The average molecular weight is 381 g/mol. The number of anilines is 1. The predicted molar refractivity (Wildman–Crippen MR) is 90.6 cm³/mol. The molecule has 2 aromatic rings. The lowest BCUT2D eigenvalue weighted by molar-refractivity contribution is -0.116. The van der Waals surface area contributed by atoms with Crippen molar-refractivity contribution in [3.8, 4) is 0 Å². The van der Waals surface area contributed by atoms with Gasteiger partial charge in [0.05, 0.1) is 5.69 Å². The number of imide groups is 1. The zero-order chi connectivity index (χ0) is 18.9. The quantitative estimate of drug-likeness (QED) is 0.594. The van der Waals surface area contributed by atoms with Crippen molar-refractivity contribution in [3.63, 3.8) is 0 Å². The molecule has 0 N–H and O–H groups in total. The van der Waals surface area contributed by atoms with E-state index < -0.39 is 17.4 Å². The fraction of sp³-hybridized carbons (Fsp3) is 0.235. The van der Waals surface area contributed by atoms with Crippen LogP contribution in [0.25, 0.3) is 0 Å². The van der Waals surface area contributed by atoms with E-state index in [9.17, 15) is 22.8 Å². The van der Waals surface area contributed by atoms with Crippen LogP contribution >= 0.6 is 11.8 Å². The number of carbonyl (C=O) groups is 2. The summed E-state index contributed by atoms with van der Waals surface area (Å²) in [4.78, 5) is 31.2. The van der Waals surface area contributed by atoms with E-state index in [-0.39, 0.29) is 35.4 Å². The number of amides is 3. The van der Waals surface area contributed by atoms with Gasteiger partial charge in [0.15, 0.2) is 0 Å². The maximum Gasteiger partial charge on any atom is 0.446 e. The molecule has 1 saturated heterocycles. The van der Waals surface area contributed by atoms with Gasteiger partial charge in [-0.15, -0.1) is 0 Å². The Labute approximate surface area is 151 Å². The highest BCUT2D eigenvalue weighted by molar-refractivity contribution is 8.00. The molecule has 1 aromatic carbocycles. The lowest BCUT2D eigenvalue weighted by atomic mass is 10.1. The Hall–Kier alpha value is -2.55. The second-order valence-electron chi connectivity index (χ2n) is 5.71. The number of alkyl halides is 3. The third-order valence-electron chi connectivity index (χ3n) is 3.86. The summed E-state index contributed by atoms with van der Waals surface area (Å²) >= 11 is -0.247. The summed E-state index contributed by atoms with van der Waals surface area (Å²) in [6.07, 6.45) is 3.28. The lowest BCUT2D eigenvalue weighted by Crippen LogP contribution is -2.32. The van der Waals surface area contributed by atoms with E-state index >= 15 is 0 Å². The van der Waals surface area contributed by atoms with Crippen molar-refractivity contribution >= 4 is 29.4 Å². The Bertz CT molecular complexity index is 840. The first kappa shape index (κ1) is 18.2. The standard InChI is InChI=1S/C17H14F3N3O2S/c1-11-8-21-7-6-12(11)9-22-10-15(24)23(16(22)25)13-2-4-14(5-3-13)26-17(18,19)20/h2-8H,9-10H2,1H3. The van der Waals surface area contributed by atoms with Crippen molar-refractivity contribution in [3.05, 3.63) is 53.9 Å². The lowest BCUT2D eigenvalue weighted by Gasteiger charge is -2.18. The van der Waals surface area contributed by atoms with Gasteiger partial charge in [-0.05, 0) is 60.1 Å². The van der Waals surface area contributed by atoms with Crippen molar-refractivity contribution < 1.29 is 22.8 Å². The Morgan fingerprint density at radius 3 is 2.46 bits per heavy atom. The van der Waals surface area contributed by atoms with Gasteiger partial charge in [-0.2, -0.15) is 13.2 Å². The fourth-order valence-corrected chi connectivity index (χ4v) is 3.15. The van der Waals surface area contributed by atoms with Gasteiger partial charge in [0.25, 0.3) is 5.91 Å². The van der Waals surface area contributed by atoms with Crippen molar-refractivity contribution in [1.82, 2.24) is 9.88 Å². The number of thioether (sulfide) groups is 1. The number of benzene rings is 1. The molecule has 0 radical (unpaired) electrons. The molecule has 0 spiro atoms. The minimum absolute atomic E-state index is 0.00962. The van der Waals surface area contributed by atoms with Crippen LogP contribution in [0.15, 0.2) is 47.6 Å². The monoisotopic (exact) mass is 381 g/mol. The molecule has 0 atom stereocenters. The summed E-state index contributed by atoms with van der Waals surface area (Å²) in [7, 11) is 0. The van der Waals surface area contributed by atoms with E-state index in [0.29, 0.717) is 0 Å². The fourth-order valence-electron chi connectivity index (χ4n) is 2.61. The molecule has 136 valence electrons. The van der Waals surface area contributed by atoms with Crippen LogP contribution < -0.4 is 4.90 Å². The van der Waals surface area contributed by atoms with Crippen LogP contribution in [0, 0.1) is 6.92 Å². The van der Waals surface area contributed by atoms with E-state index in [0.717, 1.165) is 16.0 Å². The molecule has 9 heteroatoms. The van der Waals surface area contributed by atoms with E-state index in [1.807, 2.05) is 6.92 Å². The summed E-state index contributed by atoms with van der Waals surface area (Å²) in [5, 5.41) is 0. The molecule has 5 nitrogen and oxygen atoms in total. The zero-order valence-electron chi connectivity index (χ0n) is 13.7. The third kappa shape index (κ3) is 3.98. The van der Waals surface area contributed by atoms with E-state index in [4.69, 9.17) is 0 Å². The summed E-state index contributed by atoms with van der Waals surface area (Å²) in [5.74, 6) is -0.419. The third-order valence-corrected chi connectivity index (χ3v) is 4.60. The highest BCUT2D eigenvalue weighted by Crippen LogP contribution is 2.37. The number of halogens is 3. The molecular formula is C17H14F3N3O2S. The van der Waals surface area contributed by atoms with Gasteiger partial charge < -0.3 is 4.90 Å². The maximum atomic E-state index is 12.6. The van der Waals surface area contributed by atoms with E-state index in [2.05, 4.69) is 4.98 Å². The van der Waals surface area contributed by atoms with Crippen LogP contribution in [0.4, 0.5) is 23.7 Å². The second kappa shape index (κ2) is 6.99. The van der Waals surface area contributed by atoms with E-state index in [1.54, 1.807) is 18.5 Å². The number of hydrogen-bond acceptors (Lipinski definition) is 4. The number of carbonyl (C=O) groups excluding carboxylic acids is 2. The SMILES string of the molecule is Cc1cnccc1CN1CC(=O)N(c2ccc(SC(F)(F)F)cc2)C1=O. The normalized spacial score (nSPS) is 15.1. The summed E-state index contributed by atoms with van der Waals surface area (Å²) < 4.78 is 37.2. The number of rotatable bonds is 4. The first-order valence-electron chi connectivity index (χ1n) is 7.62. The highest BCUT2D eigenvalue weighted by Gasteiger charge is 2.37. The highest BCUT2D eigenvalue weighted by atomic mass is 32.2. The molecule has 0 aliphatic carbocycles. The molecule has 1 aliphatic rings. The average Bonchev–Trinajstić information content (AvgIpc) is 2.83. The number of nitrogens with zero attached hydrogens (tertiary/aromatic N) is 3. The van der Waals surface area contributed by atoms with Crippen LogP contribution in [-0.2, 0) is 11.3 Å². The van der Waals surface area contributed by atoms with Crippen LogP contribution in [0.5, 0.6) is 0 Å². The first-order valence-corrected chi connectivity index (χ1v) is 8.43. The molecule has 2 heterocycles. The van der Waals surface area contributed by atoms with Gasteiger partial charge in [-0.1, -0.05) is 0 Å². The van der Waals surface area contributed by atoms with E-state index in [1.165, 1.54) is 29.2 Å². The maximum absolute atomic E-state index is 12.6. The number of aryl methyl sites for hydroxylation is 1. The Morgan fingerprint density at radius 1 is 1.15 bits per heavy atom. The van der Waals surface area contributed by atoms with Crippen molar-refractivity contribution in [1.29, 1.82) is 0 Å². The number of pyridine rings is 1. The van der Waals surface area contributed by atoms with Gasteiger partial charge in [0.2, 0.25) is 0 Å². The van der Waals surface area contributed by atoms with Crippen LogP contribution in [-0.4, -0.2) is 33.9 Å². The molecule has 3 rings (SSSR count). The molecule has 1 aromatic heterocycles. The topological polar surface area (TPSA) is 53.5 Å². The Kier molecular flexibility index (Phi) is 4.90. The molecular weight excluding hydrogens is 367 g/mol. The summed E-state index contributed by atoms with van der Waals surface area (Å²) in [6.45, 7) is 2.04. The molecule has 3 amide bonds. The Morgan fingerprint density at radius 2 is 1.85 bits per heavy atom. The number of urea groups is 1. The van der Waals surface area contributed by atoms with Crippen molar-refractivity contribution in [2.45, 2.75) is 23.9 Å². The molecule has 0 bridgehead atoms. The number of hydrogen-bond donors (Lipinski definition) is 0. The minimum Gasteiger partial charge on any atom is -0.310 e. The minimum atomic E-state index is -4.39. The smallest absolute Gasteiger partial charge is 0.310 e. The summed E-state index contributed by atoms with van der Waals surface area (Å²) in [6, 6.07) is 6.44. The van der Waals surface area contributed by atoms with Gasteiger partial charge in [-0.3, -0.25) is 9.78 Å². The molecule has 26 heavy (non-hydrogen) atoms. The largest absolute Gasteiger partial charge is 0.446 e. The van der Waals surface area contributed by atoms with Crippen LogP contribution in [0.2, 0.25) is 0 Å². The summed E-state index contributed by atoms with van der Waals surface area (Å²) in [5.41, 5.74) is -2.36. The predicted octanol–water partition coefficient (Wildman–Crippen LogP) is 3.97. The van der Waals surface area contributed by atoms with Crippen molar-refractivity contribution in [2.75, 3.05) is 11.4 Å². The molecule has 0 saturated carbocycles. The Balaban J connectivity index is 1.76. The zero-order valence-corrected chi connectivity index (χ0v) is 14.5. The molecule has 0 unspecified atom stereocenters. The molecule has 1 fully saturated rings. The molecule has 1 aliphatic heterocycles. The second-order valence-corrected chi connectivity index (χ2v) is 6.85. The van der Waals surface area contributed by atoms with Crippen LogP contribution in [0.3, 0.4) is 0 Å². The van der Waals surface area contributed by atoms with Gasteiger partial charge in [-0.25, -0.2) is 9.69 Å². The van der Waals surface area contributed by atoms with Crippen LogP contribution in [0.1, 0.15) is 11.1 Å². The van der Waals surface area contributed by atoms with Gasteiger partial charge in [0.1, 0.15) is 6.54 Å². The number of aromatic nitrogens is 1.